The monoisotopic (exact) mass is 599 g/mol. The van der Waals surface area contributed by atoms with E-state index in [1.54, 1.807) is 17.0 Å². The number of aryl methyl sites for hydroxylation is 1. The van der Waals surface area contributed by atoms with Gasteiger partial charge >= 0.3 is 0 Å². The van der Waals surface area contributed by atoms with Crippen molar-refractivity contribution in [3.63, 3.8) is 0 Å². The molecule has 3 aliphatic rings. The fourth-order valence-electron chi connectivity index (χ4n) is 6.95. The van der Waals surface area contributed by atoms with E-state index in [0.717, 1.165) is 62.0 Å². The summed E-state index contributed by atoms with van der Waals surface area (Å²) in [5.74, 6) is 0.0247. The summed E-state index contributed by atoms with van der Waals surface area (Å²) in [6, 6.07) is 12.6. The van der Waals surface area contributed by atoms with Gasteiger partial charge in [-0.05, 0) is 73.9 Å². The molecule has 2 aliphatic heterocycles. The van der Waals surface area contributed by atoms with Crippen LogP contribution in [0.3, 0.4) is 0 Å². The first kappa shape index (κ1) is 27.8. The Hall–Kier alpha value is -4.01. The number of nitriles is 1. The number of carbonyl (C=O) groups is 1. The van der Waals surface area contributed by atoms with Crippen LogP contribution >= 0.6 is 11.3 Å². The number of fused-ring (bicyclic) bond motifs is 1. The molecule has 43 heavy (non-hydrogen) atoms. The fraction of sp³-hybridized carbons (Fsp3) is 0.438. The number of rotatable bonds is 7. The number of amides is 1. The van der Waals surface area contributed by atoms with Crippen LogP contribution in [-0.4, -0.2) is 62.8 Å². The summed E-state index contributed by atoms with van der Waals surface area (Å²) in [6.07, 6.45) is 6.58. The van der Waals surface area contributed by atoms with Crippen molar-refractivity contribution in [2.24, 2.45) is 11.3 Å². The van der Waals surface area contributed by atoms with Crippen LogP contribution in [-0.2, 0) is 17.8 Å². The minimum absolute atomic E-state index is 0.124. The molecule has 1 spiro atoms. The molecule has 11 heteroatoms. The topological polar surface area (TPSA) is 110 Å². The Morgan fingerprint density at radius 1 is 1.21 bits per heavy atom. The molecule has 9 nitrogen and oxygen atoms in total. The highest BCUT2D eigenvalue weighted by Crippen LogP contribution is 2.53. The van der Waals surface area contributed by atoms with Gasteiger partial charge in [0.25, 0.3) is 0 Å². The zero-order valence-electron chi connectivity index (χ0n) is 24.1. The van der Waals surface area contributed by atoms with Crippen molar-refractivity contribution < 1.29 is 14.3 Å². The molecule has 0 bridgehead atoms. The molecule has 3 fully saturated rings. The number of nitrogens with zero attached hydrogens (tertiary/aromatic N) is 6. The first-order valence-corrected chi connectivity index (χ1v) is 15.8. The standard InChI is InChI=1S/C32H34FN7O2S/c1-2-26-25(17-35-31-36-29(28(16-34)43-31)20-3-5-22(33)6-4-20)27-13-23(7-10-40(27)37-26)38-11-8-32(9-12-38)14-21(15-32)30(42)39-18-24(41)19-39/h3-7,10,13,21,24,41H,2,8-9,11-12,14-15,17-19H2,1H3,(H,35,36). The zero-order valence-corrected chi connectivity index (χ0v) is 24.9. The maximum Gasteiger partial charge on any atom is 0.225 e. The summed E-state index contributed by atoms with van der Waals surface area (Å²) in [5.41, 5.74) is 5.87. The van der Waals surface area contributed by atoms with Crippen molar-refractivity contribution in [3.05, 3.63) is 64.5 Å². The minimum Gasteiger partial charge on any atom is -0.389 e. The summed E-state index contributed by atoms with van der Waals surface area (Å²) in [6.45, 7) is 5.53. The molecule has 5 heterocycles. The molecule has 1 saturated carbocycles. The van der Waals surface area contributed by atoms with Crippen LogP contribution in [0.4, 0.5) is 15.2 Å². The molecule has 0 atom stereocenters. The molecule has 222 valence electrons. The minimum atomic E-state index is -0.344. The van der Waals surface area contributed by atoms with Crippen molar-refractivity contribution in [2.45, 2.75) is 51.7 Å². The molecule has 1 amide bonds. The van der Waals surface area contributed by atoms with Crippen LogP contribution in [0, 0.1) is 28.5 Å². The quantitative estimate of drug-likeness (QED) is 0.313. The number of aromatic nitrogens is 3. The lowest BCUT2D eigenvalue weighted by Crippen LogP contribution is -2.58. The van der Waals surface area contributed by atoms with Gasteiger partial charge in [-0.2, -0.15) is 10.4 Å². The molecular formula is C32H34FN7O2S. The SMILES string of the molecule is CCc1nn2ccc(N3CCC4(CC3)CC(C(=O)N3CC(O)C3)C4)cc2c1CNc1nc(-c2ccc(F)cc2)c(C#N)s1. The number of piperidine rings is 1. The van der Waals surface area contributed by atoms with Crippen LogP contribution in [0.2, 0.25) is 0 Å². The molecule has 1 aromatic carbocycles. The fourth-order valence-corrected chi connectivity index (χ4v) is 7.73. The highest BCUT2D eigenvalue weighted by atomic mass is 32.1. The van der Waals surface area contributed by atoms with Gasteiger partial charge in [0.1, 0.15) is 22.5 Å². The number of anilines is 2. The molecule has 0 unspecified atom stereocenters. The third-order valence-corrected chi connectivity index (χ3v) is 10.4. The number of carbonyl (C=O) groups excluding carboxylic acids is 1. The number of benzene rings is 1. The molecule has 1 aliphatic carbocycles. The average molecular weight is 600 g/mol. The van der Waals surface area contributed by atoms with Gasteiger partial charge in [0, 0.05) is 61.7 Å². The van der Waals surface area contributed by atoms with E-state index >= 15 is 0 Å². The number of pyridine rings is 1. The van der Waals surface area contributed by atoms with Crippen molar-refractivity contribution in [3.8, 4) is 17.3 Å². The van der Waals surface area contributed by atoms with Crippen molar-refractivity contribution in [1.82, 2.24) is 19.5 Å². The molecule has 2 saturated heterocycles. The largest absolute Gasteiger partial charge is 0.389 e. The second kappa shape index (κ2) is 10.9. The number of β-amino-alcohol motifs (C(OH)–C–C–N with tert-alkyl or cyclic N) is 1. The highest BCUT2D eigenvalue weighted by Gasteiger charge is 2.50. The Labute approximate surface area is 253 Å². The van der Waals surface area contributed by atoms with E-state index in [1.807, 2.05) is 10.7 Å². The molecule has 3 aromatic heterocycles. The Balaban J connectivity index is 1.04. The first-order chi connectivity index (χ1) is 20.8. The summed E-state index contributed by atoms with van der Waals surface area (Å²) < 4.78 is 15.4. The lowest BCUT2D eigenvalue weighted by Gasteiger charge is -2.53. The van der Waals surface area contributed by atoms with Gasteiger partial charge in [-0.3, -0.25) is 4.79 Å². The number of halogens is 1. The van der Waals surface area contributed by atoms with E-state index < -0.39 is 0 Å². The highest BCUT2D eigenvalue weighted by molar-refractivity contribution is 7.16. The second-order valence-corrected chi connectivity index (χ2v) is 13.2. The van der Waals surface area contributed by atoms with Crippen LogP contribution in [0.5, 0.6) is 0 Å². The van der Waals surface area contributed by atoms with E-state index in [1.165, 1.54) is 29.2 Å². The summed E-state index contributed by atoms with van der Waals surface area (Å²) in [7, 11) is 0. The number of nitrogens with one attached hydrogen (secondary N) is 1. The number of hydrogen-bond donors (Lipinski definition) is 2. The Bertz CT molecular complexity index is 1700. The molecule has 4 aromatic rings. The number of hydrogen-bond acceptors (Lipinski definition) is 8. The second-order valence-electron chi connectivity index (χ2n) is 12.2. The van der Waals surface area contributed by atoms with E-state index in [2.05, 4.69) is 40.3 Å². The first-order valence-electron chi connectivity index (χ1n) is 15.0. The van der Waals surface area contributed by atoms with Gasteiger partial charge in [-0.15, -0.1) is 0 Å². The Morgan fingerprint density at radius 3 is 2.63 bits per heavy atom. The van der Waals surface area contributed by atoms with Gasteiger partial charge in [0.2, 0.25) is 5.91 Å². The number of thiazole rings is 1. The van der Waals surface area contributed by atoms with E-state index in [4.69, 9.17) is 5.10 Å². The summed E-state index contributed by atoms with van der Waals surface area (Å²) in [4.78, 5) is 22.1. The maximum atomic E-state index is 13.4. The molecule has 7 rings (SSSR count). The van der Waals surface area contributed by atoms with Crippen molar-refractivity contribution >= 4 is 33.6 Å². The third kappa shape index (κ3) is 5.12. The molecule has 0 radical (unpaired) electrons. The summed E-state index contributed by atoms with van der Waals surface area (Å²) in [5, 5.41) is 28.1. The Morgan fingerprint density at radius 2 is 1.95 bits per heavy atom. The van der Waals surface area contributed by atoms with E-state index in [0.29, 0.717) is 40.9 Å². The normalized spacial score (nSPS) is 18.5. The van der Waals surface area contributed by atoms with Crippen molar-refractivity contribution in [2.75, 3.05) is 36.4 Å². The summed E-state index contributed by atoms with van der Waals surface area (Å²) >= 11 is 1.29. The number of aliphatic hydroxyl groups is 1. The van der Waals surface area contributed by atoms with Gasteiger partial charge in [-0.1, -0.05) is 18.3 Å². The van der Waals surface area contributed by atoms with Crippen molar-refractivity contribution in [1.29, 1.82) is 5.26 Å². The molecular weight excluding hydrogens is 565 g/mol. The van der Waals surface area contributed by atoms with E-state index in [9.17, 15) is 19.6 Å². The van der Waals surface area contributed by atoms with Gasteiger partial charge in [-0.25, -0.2) is 13.9 Å². The van der Waals surface area contributed by atoms with E-state index in [-0.39, 0.29) is 29.2 Å². The van der Waals surface area contributed by atoms with Gasteiger partial charge in [0.15, 0.2) is 5.13 Å². The van der Waals surface area contributed by atoms with Crippen LogP contribution in [0.1, 0.15) is 48.7 Å². The van der Waals surface area contributed by atoms with Crippen LogP contribution in [0.15, 0.2) is 42.6 Å². The maximum absolute atomic E-state index is 13.4. The molecule has 2 N–H and O–H groups in total. The smallest absolute Gasteiger partial charge is 0.225 e. The van der Waals surface area contributed by atoms with Gasteiger partial charge in [0.05, 0.1) is 17.3 Å². The average Bonchev–Trinajstić information content (AvgIpc) is 3.57. The zero-order chi connectivity index (χ0) is 29.7. The van der Waals surface area contributed by atoms with Gasteiger partial charge < -0.3 is 20.2 Å². The van der Waals surface area contributed by atoms with Crippen LogP contribution in [0.25, 0.3) is 16.8 Å². The number of aliphatic hydroxyl groups excluding tert-OH is 1. The lowest BCUT2D eigenvalue weighted by atomic mass is 9.57. The Kier molecular flexibility index (Phi) is 7.06. The number of likely N-dealkylation sites (tertiary alicyclic amines) is 1. The predicted octanol–water partition coefficient (Wildman–Crippen LogP) is 4.84. The third-order valence-electron chi connectivity index (χ3n) is 9.47. The predicted molar refractivity (Wildman–Crippen MR) is 163 cm³/mol. The van der Waals surface area contributed by atoms with Crippen LogP contribution < -0.4 is 10.2 Å². The lowest BCUT2D eigenvalue weighted by molar-refractivity contribution is -0.154.